The molecule has 0 saturated carbocycles. The summed E-state index contributed by atoms with van der Waals surface area (Å²) >= 11 is 0. The van der Waals surface area contributed by atoms with Gasteiger partial charge in [-0.25, -0.2) is 0 Å². The lowest BCUT2D eigenvalue weighted by Gasteiger charge is -2.19. The van der Waals surface area contributed by atoms with Gasteiger partial charge in [0.2, 0.25) is 5.91 Å². The van der Waals surface area contributed by atoms with Gasteiger partial charge >= 0.3 is 0 Å². The Balaban J connectivity index is 3.77. The van der Waals surface area contributed by atoms with E-state index in [0.717, 1.165) is 122 Å². The van der Waals surface area contributed by atoms with Crippen LogP contribution in [0.4, 0.5) is 0 Å². The zero-order valence-electron chi connectivity index (χ0n) is 38.9. The van der Waals surface area contributed by atoms with E-state index in [4.69, 9.17) is 0 Å². The van der Waals surface area contributed by atoms with E-state index in [0.29, 0.717) is 6.42 Å². The maximum atomic E-state index is 12.4. The van der Waals surface area contributed by atoms with Gasteiger partial charge in [0.25, 0.3) is 0 Å². The van der Waals surface area contributed by atoms with Crippen molar-refractivity contribution in [1.29, 1.82) is 0 Å². The molecule has 0 aromatic heterocycles. The minimum absolute atomic E-state index is 0.112. The molecule has 61 heavy (non-hydrogen) atoms. The largest absolute Gasteiger partial charge is 0.394 e. The molecule has 0 aliphatic carbocycles. The first-order valence-corrected chi connectivity index (χ1v) is 24.2. The van der Waals surface area contributed by atoms with Crippen molar-refractivity contribution in [2.45, 2.75) is 187 Å². The first-order chi connectivity index (χ1) is 30.2. The van der Waals surface area contributed by atoms with Crippen LogP contribution < -0.4 is 5.32 Å². The van der Waals surface area contributed by atoms with Crippen LogP contribution in [0, 0.1) is 0 Å². The summed E-state index contributed by atoms with van der Waals surface area (Å²) in [6.45, 7) is 4.12. The highest BCUT2D eigenvalue weighted by atomic mass is 16.3. The summed E-state index contributed by atoms with van der Waals surface area (Å²) in [5.74, 6) is -0.112. The van der Waals surface area contributed by atoms with Crippen LogP contribution in [0.25, 0.3) is 0 Å². The van der Waals surface area contributed by atoms with Crippen molar-refractivity contribution >= 4 is 5.91 Å². The minimum atomic E-state index is -0.892. The van der Waals surface area contributed by atoms with Gasteiger partial charge in [-0.15, -0.1) is 0 Å². The molecule has 2 atom stereocenters. The summed E-state index contributed by atoms with van der Waals surface area (Å²) in [6, 6.07) is -0.671. The predicted molar refractivity (Wildman–Crippen MR) is 271 cm³/mol. The second kappa shape index (κ2) is 50.4. The molecular formula is C57H89NO3. The lowest BCUT2D eigenvalue weighted by molar-refractivity contribution is -0.123. The number of aliphatic hydroxyl groups is 2. The Kier molecular flexibility index (Phi) is 47.1. The Bertz CT molecular complexity index is 1360. The molecule has 0 rings (SSSR count). The van der Waals surface area contributed by atoms with Gasteiger partial charge in [0.15, 0.2) is 0 Å². The van der Waals surface area contributed by atoms with Gasteiger partial charge in [-0.05, 0) is 122 Å². The molecule has 0 aliphatic rings. The van der Waals surface area contributed by atoms with Crippen LogP contribution in [0.3, 0.4) is 0 Å². The third-order valence-electron chi connectivity index (χ3n) is 9.72. The summed E-state index contributed by atoms with van der Waals surface area (Å²) < 4.78 is 0. The van der Waals surface area contributed by atoms with E-state index in [1.807, 2.05) is 6.08 Å². The second-order valence-corrected chi connectivity index (χ2v) is 15.4. The maximum absolute atomic E-state index is 12.4. The van der Waals surface area contributed by atoms with Crippen LogP contribution in [0.15, 0.2) is 158 Å². The van der Waals surface area contributed by atoms with Gasteiger partial charge in [-0.1, -0.05) is 204 Å². The molecule has 0 bridgehead atoms. The number of aliphatic hydroxyl groups excluding tert-OH is 2. The molecule has 340 valence electrons. The van der Waals surface area contributed by atoms with Crippen molar-refractivity contribution < 1.29 is 15.0 Å². The SMILES string of the molecule is CC/C=C\C/C=C\C/C=C\C/C=C\C/C=C\C/C=C\C/C=C\C/C=C\C/C=C\C/C=C\CCCCCCC(=O)NC(CO)C(O)/C=C/CC/C=C/CC/C=C/CCCCCC. The molecule has 4 nitrogen and oxygen atoms in total. The van der Waals surface area contributed by atoms with E-state index in [2.05, 4.69) is 165 Å². The Morgan fingerprint density at radius 1 is 0.410 bits per heavy atom. The van der Waals surface area contributed by atoms with E-state index in [-0.39, 0.29) is 12.5 Å². The van der Waals surface area contributed by atoms with Crippen molar-refractivity contribution in [3.63, 3.8) is 0 Å². The first-order valence-electron chi connectivity index (χ1n) is 24.2. The number of carbonyl (C=O) groups excluding carboxylic acids is 1. The second-order valence-electron chi connectivity index (χ2n) is 15.4. The molecule has 4 heteroatoms. The molecule has 0 aromatic rings. The number of hydrogen-bond acceptors (Lipinski definition) is 3. The predicted octanol–water partition coefficient (Wildman–Crippen LogP) is 15.8. The van der Waals surface area contributed by atoms with Crippen LogP contribution in [-0.4, -0.2) is 34.9 Å². The van der Waals surface area contributed by atoms with Gasteiger partial charge in [-0.2, -0.15) is 0 Å². The number of amides is 1. The Morgan fingerprint density at radius 2 is 0.738 bits per heavy atom. The van der Waals surface area contributed by atoms with Crippen molar-refractivity contribution in [2.75, 3.05) is 6.61 Å². The summed E-state index contributed by atoms with van der Waals surface area (Å²) in [5, 5.41) is 22.9. The highest BCUT2D eigenvalue weighted by molar-refractivity contribution is 5.76. The topological polar surface area (TPSA) is 69.6 Å². The third kappa shape index (κ3) is 46.9. The van der Waals surface area contributed by atoms with Crippen LogP contribution in [0.5, 0.6) is 0 Å². The molecule has 1 amide bonds. The number of allylic oxidation sites excluding steroid dienone is 25. The van der Waals surface area contributed by atoms with Crippen LogP contribution in [-0.2, 0) is 4.79 Å². The molecule has 0 heterocycles. The summed E-state index contributed by atoms with van der Waals surface area (Å²) in [6.07, 6.45) is 82.2. The maximum Gasteiger partial charge on any atom is 0.220 e. The standard InChI is InChI=1S/C57H89NO3/c1-3-5-7-9-11-13-15-17-19-20-21-22-23-24-25-26-27-28-29-30-31-32-33-34-35-36-37-38-39-41-43-45-47-49-51-53-57(61)58-55(54-59)56(60)52-50-48-46-44-42-40-18-16-14-12-10-8-6-4-2/h5,7,11,13-14,16-17,19,21-22,24-25,27-28,30-31,33-34,36-37,39,41-42,44,50,52,55-56,59-60H,3-4,6,8-10,12,15,18,20,23,26,29,32,35,38,40,43,45-49,51,53-54H2,1-2H3,(H,58,61)/b7-5-,13-11-,16-14+,19-17-,22-21-,25-24-,28-27-,31-30-,34-33-,37-36-,41-39-,44-42+,52-50+. The number of nitrogens with one attached hydrogen (secondary N) is 1. The smallest absolute Gasteiger partial charge is 0.220 e. The van der Waals surface area contributed by atoms with Gasteiger partial charge in [-0.3, -0.25) is 4.79 Å². The molecule has 0 aromatic carbocycles. The van der Waals surface area contributed by atoms with E-state index in [1.165, 1.54) is 32.1 Å². The van der Waals surface area contributed by atoms with E-state index >= 15 is 0 Å². The van der Waals surface area contributed by atoms with Crippen molar-refractivity contribution in [1.82, 2.24) is 5.32 Å². The molecule has 0 fully saturated rings. The van der Waals surface area contributed by atoms with Gasteiger partial charge in [0.05, 0.1) is 18.8 Å². The van der Waals surface area contributed by atoms with Crippen LogP contribution in [0.2, 0.25) is 0 Å². The summed E-state index contributed by atoms with van der Waals surface area (Å²) in [7, 11) is 0. The Labute approximate surface area is 376 Å². The van der Waals surface area contributed by atoms with Gasteiger partial charge in [0, 0.05) is 6.42 Å². The quantitative estimate of drug-likeness (QED) is 0.0424. The van der Waals surface area contributed by atoms with E-state index in [9.17, 15) is 15.0 Å². The molecule has 0 saturated heterocycles. The van der Waals surface area contributed by atoms with E-state index in [1.54, 1.807) is 6.08 Å². The molecule has 0 radical (unpaired) electrons. The highest BCUT2D eigenvalue weighted by Crippen LogP contribution is 2.08. The average molecular weight is 836 g/mol. The van der Waals surface area contributed by atoms with Crippen molar-refractivity contribution in [3.8, 4) is 0 Å². The zero-order chi connectivity index (χ0) is 44.2. The highest BCUT2D eigenvalue weighted by Gasteiger charge is 2.17. The monoisotopic (exact) mass is 836 g/mol. The summed E-state index contributed by atoms with van der Waals surface area (Å²) in [5.41, 5.74) is 0. The van der Waals surface area contributed by atoms with Crippen LogP contribution >= 0.6 is 0 Å². The number of carbonyl (C=O) groups is 1. The van der Waals surface area contributed by atoms with Crippen molar-refractivity contribution in [2.24, 2.45) is 0 Å². The average Bonchev–Trinajstić information content (AvgIpc) is 3.26. The molecule has 0 spiro atoms. The lowest BCUT2D eigenvalue weighted by Crippen LogP contribution is -2.45. The Morgan fingerprint density at radius 3 is 1.13 bits per heavy atom. The van der Waals surface area contributed by atoms with Crippen molar-refractivity contribution in [3.05, 3.63) is 158 Å². The van der Waals surface area contributed by atoms with Crippen LogP contribution in [0.1, 0.15) is 174 Å². The van der Waals surface area contributed by atoms with Gasteiger partial charge in [0.1, 0.15) is 0 Å². The molecule has 3 N–H and O–H groups in total. The fourth-order valence-electron chi connectivity index (χ4n) is 6.06. The summed E-state index contributed by atoms with van der Waals surface area (Å²) in [4.78, 5) is 12.4. The molecular weight excluding hydrogens is 747 g/mol. The van der Waals surface area contributed by atoms with E-state index < -0.39 is 12.1 Å². The number of unbranched alkanes of at least 4 members (excludes halogenated alkanes) is 10. The normalized spacial score (nSPS) is 14.4. The number of rotatable bonds is 41. The van der Waals surface area contributed by atoms with Gasteiger partial charge < -0.3 is 15.5 Å². The Hall–Kier alpha value is -3.99. The fraction of sp³-hybridized carbons (Fsp3) is 0.526. The fourth-order valence-corrected chi connectivity index (χ4v) is 6.06. The number of hydrogen-bond donors (Lipinski definition) is 3. The minimum Gasteiger partial charge on any atom is -0.394 e. The molecule has 2 unspecified atom stereocenters. The first kappa shape index (κ1) is 57.0. The third-order valence-corrected chi connectivity index (χ3v) is 9.72. The molecule has 0 aliphatic heterocycles. The zero-order valence-corrected chi connectivity index (χ0v) is 38.9. The lowest BCUT2D eigenvalue weighted by atomic mass is 10.1.